The summed E-state index contributed by atoms with van der Waals surface area (Å²) in [6, 6.07) is 26.7. The third-order valence-electron chi connectivity index (χ3n) is 11.9. The number of anilines is 2. The molecule has 4 aromatic rings. The fraction of sp³-hybridized carbons (Fsp3) is 0.370. The fourth-order valence-electron chi connectivity index (χ4n) is 7.79. The minimum Gasteiger partial charge on any atom is -0.490 e. The molecule has 60 heavy (non-hydrogen) atoms. The van der Waals surface area contributed by atoms with Crippen LogP contribution >= 0.6 is 0 Å². The third-order valence-corrected chi connectivity index (χ3v) is 11.9. The molecular weight excluding hydrogens is 773 g/mol. The Morgan fingerprint density at radius 1 is 0.633 bits per heavy atom. The maximum absolute atomic E-state index is 13.3. The molecule has 1 aliphatic heterocycles. The summed E-state index contributed by atoms with van der Waals surface area (Å²) in [6.07, 6.45) is 5.20. The lowest BCUT2D eigenvalue weighted by atomic mass is 9.66. The summed E-state index contributed by atoms with van der Waals surface area (Å²) in [7, 11) is 0. The minimum atomic E-state index is -1.21. The summed E-state index contributed by atoms with van der Waals surface area (Å²) in [5.74, 6) is -0.329. The number of esters is 1. The predicted molar refractivity (Wildman–Crippen MR) is 221 cm³/mol. The SMILES string of the molecule is CC1(C)[C@@]2(C)CC[C@]1(C(=O)Nc1ccccc1OCCOc1ccc(C(=O)O)cc1)OC2=O.O=C(O)c1ccc(OCCOc2ccccc2NC(=O)C2CCCC2)cc1. The molecule has 3 fully saturated rings. The number of carbonyl (C=O) groups excluding carboxylic acids is 3. The summed E-state index contributed by atoms with van der Waals surface area (Å²) in [5, 5.41) is 23.7. The molecule has 2 aliphatic carbocycles. The Labute approximate surface area is 348 Å². The van der Waals surface area contributed by atoms with Crippen LogP contribution in [0.2, 0.25) is 0 Å². The number of fused-ring (bicyclic) bond motifs is 2. The maximum atomic E-state index is 13.3. The van der Waals surface area contributed by atoms with Gasteiger partial charge in [-0.25, -0.2) is 9.59 Å². The third kappa shape index (κ3) is 9.33. The van der Waals surface area contributed by atoms with Gasteiger partial charge < -0.3 is 44.5 Å². The average Bonchev–Trinajstić information content (AvgIpc) is 3.89. The number of nitrogens with one attached hydrogen (secondary N) is 2. The number of aromatic carboxylic acids is 2. The van der Waals surface area contributed by atoms with E-state index in [1.54, 1.807) is 48.5 Å². The molecule has 0 radical (unpaired) electrons. The molecule has 316 valence electrons. The highest BCUT2D eigenvalue weighted by molar-refractivity contribution is 6.04. The second-order valence-electron chi connectivity index (χ2n) is 15.6. The van der Waals surface area contributed by atoms with Crippen molar-refractivity contribution in [3.8, 4) is 23.0 Å². The first-order chi connectivity index (χ1) is 28.7. The maximum Gasteiger partial charge on any atom is 0.335 e. The van der Waals surface area contributed by atoms with E-state index < -0.39 is 28.4 Å². The predicted octanol–water partition coefficient (Wildman–Crippen LogP) is 7.87. The van der Waals surface area contributed by atoms with Crippen molar-refractivity contribution in [1.29, 1.82) is 0 Å². The van der Waals surface area contributed by atoms with Crippen LogP contribution in [-0.4, -0.2) is 72.0 Å². The van der Waals surface area contributed by atoms with Crippen LogP contribution < -0.4 is 29.6 Å². The average molecular weight is 823 g/mol. The van der Waals surface area contributed by atoms with Crippen molar-refractivity contribution in [2.45, 2.75) is 64.9 Å². The van der Waals surface area contributed by atoms with Crippen LogP contribution in [0.1, 0.15) is 80.0 Å². The van der Waals surface area contributed by atoms with Crippen molar-refractivity contribution in [2.75, 3.05) is 37.1 Å². The van der Waals surface area contributed by atoms with Gasteiger partial charge in [0.1, 0.15) is 49.4 Å². The lowest BCUT2D eigenvalue weighted by Crippen LogP contribution is -2.50. The van der Waals surface area contributed by atoms with E-state index in [0.29, 0.717) is 60.4 Å². The zero-order chi connectivity index (χ0) is 42.9. The van der Waals surface area contributed by atoms with E-state index >= 15 is 0 Å². The van der Waals surface area contributed by atoms with Gasteiger partial charge in [-0.15, -0.1) is 0 Å². The van der Waals surface area contributed by atoms with E-state index in [0.717, 1.165) is 25.7 Å². The molecule has 1 heterocycles. The van der Waals surface area contributed by atoms with Crippen LogP contribution in [-0.2, 0) is 19.1 Å². The largest absolute Gasteiger partial charge is 0.490 e. The van der Waals surface area contributed by atoms with Crippen molar-refractivity contribution < 1.29 is 57.9 Å². The van der Waals surface area contributed by atoms with Crippen LogP contribution in [0.25, 0.3) is 0 Å². The van der Waals surface area contributed by atoms with Gasteiger partial charge in [-0.1, -0.05) is 51.0 Å². The molecule has 4 aromatic carbocycles. The van der Waals surface area contributed by atoms with E-state index in [1.807, 2.05) is 45.0 Å². The summed E-state index contributed by atoms with van der Waals surface area (Å²) in [4.78, 5) is 59.9. The first kappa shape index (κ1) is 43.0. The van der Waals surface area contributed by atoms with Crippen molar-refractivity contribution >= 4 is 41.1 Å². The molecule has 0 spiro atoms. The molecular formula is C46H50N2O12. The number of amides is 2. The number of ether oxygens (including phenoxy) is 5. The van der Waals surface area contributed by atoms with Gasteiger partial charge in [0.2, 0.25) is 5.91 Å². The van der Waals surface area contributed by atoms with Gasteiger partial charge in [0.25, 0.3) is 5.91 Å². The van der Waals surface area contributed by atoms with Gasteiger partial charge in [0.05, 0.1) is 27.9 Å². The Hall–Kier alpha value is -6.57. The van der Waals surface area contributed by atoms with Gasteiger partial charge in [0, 0.05) is 11.3 Å². The molecule has 14 heteroatoms. The second kappa shape index (κ2) is 18.6. The van der Waals surface area contributed by atoms with E-state index in [9.17, 15) is 24.0 Å². The smallest absolute Gasteiger partial charge is 0.335 e. The number of hydrogen-bond acceptors (Lipinski definition) is 10. The monoisotopic (exact) mass is 822 g/mol. The Balaban J connectivity index is 0.000000205. The number of para-hydroxylation sites is 4. The highest BCUT2D eigenvalue weighted by Crippen LogP contribution is 2.65. The van der Waals surface area contributed by atoms with Gasteiger partial charge in [-0.3, -0.25) is 14.4 Å². The fourth-order valence-corrected chi connectivity index (χ4v) is 7.79. The molecule has 4 N–H and O–H groups in total. The first-order valence-corrected chi connectivity index (χ1v) is 20.0. The minimum absolute atomic E-state index is 0.0540. The molecule has 2 saturated carbocycles. The Kier molecular flexibility index (Phi) is 13.3. The zero-order valence-electron chi connectivity index (χ0n) is 33.9. The van der Waals surface area contributed by atoms with Crippen LogP contribution in [0.3, 0.4) is 0 Å². The van der Waals surface area contributed by atoms with Crippen LogP contribution in [0.15, 0.2) is 97.1 Å². The van der Waals surface area contributed by atoms with Crippen LogP contribution in [0.5, 0.6) is 23.0 Å². The Morgan fingerprint density at radius 2 is 1.08 bits per heavy atom. The molecule has 2 bridgehead atoms. The lowest BCUT2D eigenvalue weighted by Gasteiger charge is -2.35. The van der Waals surface area contributed by atoms with Crippen molar-refractivity contribution in [1.82, 2.24) is 0 Å². The summed E-state index contributed by atoms with van der Waals surface area (Å²) in [6.45, 7) is 6.72. The number of carbonyl (C=O) groups is 5. The number of rotatable bonds is 16. The molecule has 0 aromatic heterocycles. The van der Waals surface area contributed by atoms with E-state index in [4.69, 9.17) is 33.9 Å². The number of hydrogen-bond donors (Lipinski definition) is 4. The van der Waals surface area contributed by atoms with Gasteiger partial charge in [-0.05, 0) is 105 Å². The van der Waals surface area contributed by atoms with Crippen LogP contribution in [0.4, 0.5) is 11.4 Å². The quantitative estimate of drug-likeness (QED) is 0.0632. The molecule has 2 amide bonds. The summed E-state index contributed by atoms with van der Waals surface area (Å²) < 4.78 is 28.4. The topological polar surface area (TPSA) is 196 Å². The van der Waals surface area contributed by atoms with Gasteiger partial charge >= 0.3 is 17.9 Å². The van der Waals surface area contributed by atoms with Crippen LogP contribution in [0, 0.1) is 16.7 Å². The normalized spacial score (nSPS) is 19.9. The van der Waals surface area contributed by atoms with Gasteiger partial charge in [0.15, 0.2) is 5.60 Å². The highest BCUT2D eigenvalue weighted by atomic mass is 16.6. The highest BCUT2D eigenvalue weighted by Gasteiger charge is 2.75. The summed E-state index contributed by atoms with van der Waals surface area (Å²) >= 11 is 0. The molecule has 1 saturated heterocycles. The number of carboxylic acid groups (broad SMARTS) is 2. The molecule has 7 rings (SSSR count). The standard InChI is InChI=1S/C25H27NO7.C21H23NO5/c1-23(2)24(3)12-13-25(23,33-22(24)30)21(29)26-18-6-4-5-7-19(18)32-15-14-31-17-10-8-16(9-11-17)20(27)28;23-20(15-5-1-2-6-15)22-18-7-3-4-8-19(18)27-14-13-26-17-11-9-16(10-12-17)21(24)25/h4-11H,12-15H2,1-3H3,(H,26,29)(H,27,28);3-4,7-12,15H,1-2,5-6,13-14H2,(H,22,23)(H,24,25)/t24-,25+;/m0./s1. The Morgan fingerprint density at radius 3 is 1.52 bits per heavy atom. The zero-order valence-corrected chi connectivity index (χ0v) is 33.9. The van der Waals surface area contributed by atoms with E-state index in [2.05, 4.69) is 10.6 Å². The van der Waals surface area contributed by atoms with E-state index in [-0.39, 0.29) is 48.0 Å². The van der Waals surface area contributed by atoms with E-state index in [1.165, 1.54) is 24.3 Å². The first-order valence-electron chi connectivity index (χ1n) is 20.0. The summed E-state index contributed by atoms with van der Waals surface area (Å²) in [5.41, 5.74) is -0.986. The lowest BCUT2D eigenvalue weighted by molar-refractivity contribution is -0.165. The number of benzene rings is 4. The number of carboxylic acids is 2. The molecule has 0 unspecified atom stereocenters. The van der Waals surface area contributed by atoms with Gasteiger partial charge in [-0.2, -0.15) is 0 Å². The van der Waals surface area contributed by atoms with Crippen molar-refractivity contribution in [2.24, 2.45) is 16.7 Å². The molecule has 14 nitrogen and oxygen atoms in total. The second-order valence-corrected chi connectivity index (χ2v) is 15.6. The Bertz CT molecular complexity index is 2180. The molecule has 3 aliphatic rings. The van der Waals surface area contributed by atoms with Crippen molar-refractivity contribution in [3.63, 3.8) is 0 Å². The molecule has 2 atom stereocenters. The van der Waals surface area contributed by atoms with Crippen molar-refractivity contribution in [3.05, 3.63) is 108 Å².